The number of nitrogens with zero attached hydrogens (tertiary/aromatic N) is 1. The Morgan fingerprint density at radius 1 is 1.29 bits per heavy atom. The van der Waals surface area contributed by atoms with Gasteiger partial charge in [-0.3, -0.25) is 4.99 Å². The maximum atomic E-state index is 5.61. The molecule has 0 aliphatic carbocycles. The first-order valence-electron chi connectivity index (χ1n) is 6.04. The predicted molar refractivity (Wildman–Crippen MR) is 73.9 cm³/mol. The third kappa shape index (κ3) is 4.69. The van der Waals surface area contributed by atoms with Crippen molar-refractivity contribution in [1.82, 2.24) is 5.32 Å². The Hall–Kier alpha value is -1.16. The van der Waals surface area contributed by atoms with Crippen LogP contribution in [-0.2, 0) is 0 Å². The number of rotatable bonds is 5. The summed E-state index contributed by atoms with van der Waals surface area (Å²) in [7, 11) is 0. The molecule has 0 fully saturated rings. The molecule has 0 amide bonds. The van der Waals surface area contributed by atoms with Gasteiger partial charge in [-0.05, 0) is 25.0 Å². The van der Waals surface area contributed by atoms with Gasteiger partial charge in [-0.2, -0.15) is 0 Å². The van der Waals surface area contributed by atoms with Gasteiger partial charge in [0.1, 0.15) is 5.75 Å². The normalized spacial score (nSPS) is 15.2. The molecule has 3 nitrogen and oxygen atoms in total. The van der Waals surface area contributed by atoms with E-state index >= 15 is 0 Å². The number of benzene rings is 1. The number of hydrogen-bond donors (Lipinski definition) is 1. The topological polar surface area (TPSA) is 33.6 Å². The van der Waals surface area contributed by atoms with Crippen molar-refractivity contribution in [1.29, 1.82) is 0 Å². The summed E-state index contributed by atoms with van der Waals surface area (Å²) in [5.41, 5.74) is 0. The van der Waals surface area contributed by atoms with Crippen molar-refractivity contribution >= 4 is 16.9 Å². The molecule has 1 aliphatic heterocycles. The largest absolute Gasteiger partial charge is 0.494 e. The fourth-order valence-electron chi connectivity index (χ4n) is 1.54. The monoisotopic (exact) mass is 250 g/mol. The van der Waals surface area contributed by atoms with Crippen LogP contribution >= 0.6 is 11.8 Å². The maximum absolute atomic E-state index is 5.61. The third-order valence-electron chi connectivity index (χ3n) is 2.41. The van der Waals surface area contributed by atoms with Gasteiger partial charge in [-0.25, -0.2) is 0 Å². The number of ether oxygens (including phenoxy) is 1. The van der Waals surface area contributed by atoms with Crippen LogP contribution in [0.25, 0.3) is 0 Å². The van der Waals surface area contributed by atoms with E-state index in [-0.39, 0.29) is 0 Å². The Kier molecular flexibility index (Phi) is 5.23. The lowest BCUT2D eigenvalue weighted by atomic mass is 10.3. The van der Waals surface area contributed by atoms with E-state index in [4.69, 9.17) is 4.74 Å². The summed E-state index contributed by atoms with van der Waals surface area (Å²) in [5, 5.41) is 4.43. The maximum Gasteiger partial charge on any atom is 0.156 e. The highest BCUT2D eigenvalue weighted by atomic mass is 32.2. The van der Waals surface area contributed by atoms with Gasteiger partial charge < -0.3 is 10.1 Å². The SMILES string of the molecule is c1ccc(OCCCNC2=NCCCS2)cc1. The molecule has 0 radical (unpaired) electrons. The molecule has 0 saturated carbocycles. The molecule has 92 valence electrons. The summed E-state index contributed by atoms with van der Waals surface area (Å²) in [6.07, 6.45) is 2.20. The minimum absolute atomic E-state index is 0.745. The molecular formula is C13H18N2OS. The van der Waals surface area contributed by atoms with Crippen LogP contribution in [0.3, 0.4) is 0 Å². The second-order valence-corrected chi connectivity index (χ2v) is 4.91. The van der Waals surface area contributed by atoms with E-state index in [1.807, 2.05) is 42.1 Å². The number of thioether (sulfide) groups is 1. The standard InChI is InChI=1S/C13H18N2OS/c1-2-6-12(7-3-1)16-10-4-8-14-13-15-9-5-11-17-13/h1-3,6-7H,4-5,8-11H2,(H,14,15). The van der Waals surface area contributed by atoms with Crippen molar-refractivity contribution in [2.24, 2.45) is 4.99 Å². The molecule has 0 saturated heterocycles. The van der Waals surface area contributed by atoms with Crippen molar-refractivity contribution in [3.63, 3.8) is 0 Å². The Balaban J connectivity index is 1.56. The van der Waals surface area contributed by atoms with Crippen molar-refractivity contribution in [3.05, 3.63) is 30.3 Å². The highest BCUT2D eigenvalue weighted by Crippen LogP contribution is 2.10. The fourth-order valence-corrected chi connectivity index (χ4v) is 2.39. The minimum Gasteiger partial charge on any atom is -0.494 e. The molecular weight excluding hydrogens is 232 g/mol. The first-order valence-corrected chi connectivity index (χ1v) is 7.03. The third-order valence-corrected chi connectivity index (χ3v) is 3.45. The van der Waals surface area contributed by atoms with E-state index in [0.29, 0.717) is 0 Å². The molecule has 1 aromatic rings. The lowest BCUT2D eigenvalue weighted by Crippen LogP contribution is -2.25. The molecule has 0 spiro atoms. The Bertz CT molecular complexity index is 354. The smallest absolute Gasteiger partial charge is 0.156 e. The molecule has 0 bridgehead atoms. The second-order valence-electron chi connectivity index (χ2n) is 3.83. The fraction of sp³-hybridized carbons (Fsp3) is 0.462. The summed E-state index contributed by atoms with van der Waals surface area (Å²) in [4.78, 5) is 4.41. The molecule has 1 heterocycles. The van der Waals surface area contributed by atoms with Gasteiger partial charge >= 0.3 is 0 Å². The van der Waals surface area contributed by atoms with Crippen molar-refractivity contribution < 1.29 is 4.74 Å². The van der Waals surface area contributed by atoms with Crippen LogP contribution in [0.2, 0.25) is 0 Å². The highest BCUT2D eigenvalue weighted by molar-refractivity contribution is 8.13. The summed E-state index contributed by atoms with van der Waals surface area (Å²) < 4.78 is 5.61. The quantitative estimate of drug-likeness (QED) is 0.815. The zero-order valence-electron chi connectivity index (χ0n) is 9.89. The summed E-state index contributed by atoms with van der Waals surface area (Å²) >= 11 is 1.82. The molecule has 0 aromatic heterocycles. The Morgan fingerprint density at radius 3 is 2.94 bits per heavy atom. The molecule has 1 aliphatic rings. The van der Waals surface area contributed by atoms with E-state index in [2.05, 4.69) is 10.3 Å². The van der Waals surface area contributed by atoms with Gasteiger partial charge in [0.05, 0.1) is 6.61 Å². The van der Waals surface area contributed by atoms with E-state index < -0.39 is 0 Å². The van der Waals surface area contributed by atoms with Gasteiger partial charge in [0.2, 0.25) is 0 Å². The van der Waals surface area contributed by atoms with Crippen LogP contribution in [0.15, 0.2) is 35.3 Å². The Morgan fingerprint density at radius 2 is 2.18 bits per heavy atom. The van der Waals surface area contributed by atoms with Crippen LogP contribution in [-0.4, -0.2) is 30.6 Å². The van der Waals surface area contributed by atoms with E-state index in [1.54, 1.807) is 0 Å². The second kappa shape index (κ2) is 7.22. The number of nitrogens with one attached hydrogen (secondary N) is 1. The summed E-state index contributed by atoms with van der Waals surface area (Å²) in [6, 6.07) is 9.93. The molecule has 0 unspecified atom stereocenters. The van der Waals surface area contributed by atoms with Crippen molar-refractivity contribution in [2.75, 3.05) is 25.4 Å². The number of hydrogen-bond acceptors (Lipinski definition) is 4. The van der Waals surface area contributed by atoms with E-state index in [0.717, 1.165) is 37.0 Å². The number of amidine groups is 1. The zero-order chi connectivity index (χ0) is 11.8. The number of para-hydroxylation sites is 1. The average molecular weight is 250 g/mol. The molecule has 1 N–H and O–H groups in total. The van der Waals surface area contributed by atoms with Crippen LogP contribution in [0.1, 0.15) is 12.8 Å². The van der Waals surface area contributed by atoms with Gasteiger partial charge in [0.15, 0.2) is 5.17 Å². The van der Waals surface area contributed by atoms with Crippen LogP contribution in [0.5, 0.6) is 5.75 Å². The summed E-state index contributed by atoms with van der Waals surface area (Å²) in [5.74, 6) is 2.13. The van der Waals surface area contributed by atoms with Gasteiger partial charge in [-0.1, -0.05) is 30.0 Å². The van der Waals surface area contributed by atoms with Crippen molar-refractivity contribution in [3.8, 4) is 5.75 Å². The molecule has 0 atom stereocenters. The lowest BCUT2D eigenvalue weighted by Gasteiger charge is -2.13. The van der Waals surface area contributed by atoms with E-state index in [1.165, 1.54) is 12.2 Å². The number of aliphatic imine (C=N–C) groups is 1. The van der Waals surface area contributed by atoms with Gasteiger partial charge in [-0.15, -0.1) is 0 Å². The first-order chi connectivity index (χ1) is 8.45. The van der Waals surface area contributed by atoms with Gasteiger partial charge in [0.25, 0.3) is 0 Å². The molecule has 17 heavy (non-hydrogen) atoms. The minimum atomic E-state index is 0.745. The lowest BCUT2D eigenvalue weighted by molar-refractivity contribution is 0.311. The van der Waals surface area contributed by atoms with Crippen LogP contribution in [0, 0.1) is 0 Å². The summed E-state index contributed by atoms with van der Waals surface area (Å²) in [6.45, 7) is 2.64. The van der Waals surface area contributed by atoms with Crippen molar-refractivity contribution in [2.45, 2.75) is 12.8 Å². The van der Waals surface area contributed by atoms with E-state index in [9.17, 15) is 0 Å². The Labute approximate surface area is 107 Å². The average Bonchev–Trinajstić information content (AvgIpc) is 2.41. The molecule has 1 aromatic carbocycles. The first kappa shape index (κ1) is 12.3. The zero-order valence-corrected chi connectivity index (χ0v) is 10.7. The highest BCUT2D eigenvalue weighted by Gasteiger charge is 2.03. The van der Waals surface area contributed by atoms with Crippen LogP contribution in [0.4, 0.5) is 0 Å². The molecule has 4 heteroatoms. The predicted octanol–water partition coefficient (Wildman–Crippen LogP) is 2.54. The van der Waals surface area contributed by atoms with Gasteiger partial charge in [0, 0.05) is 18.8 Å². The van der Waals surface area contributed by atoms with Crippen LogP contribution < -0.4 is 10.1 Å². The molecule has 2 rings (SSSR count).